The molecule has 0 radical (unpaired) electrons. The average molecular weight is 409 g/mol. The van der Waals surface area contributed by atoms with E-state index in [2.05, 4.69) is 0 Å². The third kappa shape index (κ3) is 4.51. The lowest BCUT2D eigenvalue weighted by Crippen LogP contribution is -2.12. The monoisotopic (exact) mass is 409 g/mol. The van der Waals surface area contributed by atoms with E-state index >= 15 is 0 Å². The molecular formula is C23H23NO6. The Bertz CT molecular complexity index is 1020. The summed E-state index contributed by atoms with van der Waals surface area (Å²) in [7, 11) is 4.67. The first-order valence-electron chi connectivity index (χ1n) is 9.47. The Kier molecular flexibility index (Phi) is 6.51. The maximum absolute atomic E-state index is 13.0. The first-order chi connectivity index (χ1) is 14.5. The van der Waals surface area contributed by atoms with Crippen LogP contribution in [0.3, 0.4) is 0 Å². The Balaban J connectivity index is 1.93. The molecule has 30 heavy (non-hydrogen) atoms. The normalized spacial score (nSPS) is 16.6. The van der Waals surface area contributed by atoms with Crippen LogP contribution in [0, 0.1) is 10.1 Å². The van der Waals surface area contributed by atoms with Crippen LogP contribution in [-0.4, -0.2) is 32.0 Å². The minimum Gasteiger partial charge on any atom is -0.496 e. The minimum absolute atomic E-state index is 0.0215. The molecule has 0 heterocycles. The van der Waals surface area contributed by atoms with Crippen molar-refractivity contribution in [2.45, 2.75) is 19.3 Å². The van der Waals surface area contributed by atoms with E-state index in [0.29, 0.717) is 41.2 Å². The predicted octanol–water partition coefficient (Wildman–Crippen LogP) is 4.84. The number of benzene rings is 2. The zero-order chi connectivity index (χ0) is 21.7. The van der Waals surface area contributed by atoms with Gasteiger partial charge in [0.05, 0.1) is 26.3 Å². The smallest absolute Gasteiger partial charge is 0.269 e. The lowest BCUT2D eigenvalue weighted by atomic mass is 9.86. The number of ether oxygens (including phenoxy) is 3. The van der Waals surface area contributed by atoms with Crippen molar-refractivity contribution < 1.29 is 23.9 Å². The molecule has 0 aromatic heterocycles. The molecule has 0 amide bonds. The quantitative estimate of drug-likeness (QED) is 0.385. The van der Waals surface area contributed by atoms with Crippen LogP contribution in [-0.2, 0) is 4.79 Å². The van der Waals surface area contributed by atoms with Crippen LogP contribution < -0.4 is 14.2 Å². The van der Waals surface area contributed by atoms with Gasteiger partial charge < -0.3 is 14.2 Å². The number of rotatable bonds is 6. The van der Waals surface area contributed by atoms with Crippen LogP contribution in [0.25, 0.3) is 12.2 Å². The highest BCUT2D eigenvalue weighted by Crippen LogP contribution is 2.37. The zero-order valence-corrected chi connectivity index (χ0v) is 17.1. The third-order valence-electron chi connectivity index (χ3n) is 4.99. The number of allylic oxidation sites excluding steroid dienone is 2. The molecule has 0 unspecified atom stereocenters. The average Bonchev–Trinajstić information content (AvgIpc) is 2.76. The van der Waals surface area contributed by atoms with Crippen LogP contribution >= 0.6 is 0 Å². The van der Waals surface area contributed by atoms with Gasteiger partial charge in [-0.25, -0.2) is 0 Å². The summed E-state index contributed by atoms with van der Waals surface area (Å²) in [5.74, 6) is 1.65. The summed E-state index contributed by atoms with van der Waals surface area (Å²) >= 11 is 0. The summed E-state index contributed by atoms with van der Waals surface area (Å²) in [5.41, 5.74) is 2.87. The Morgan fingerprint density at radius 2 is 1.43 bits per heavy atom. The first kappa shape index (κ1) is 21.1. The largest absolute Gasteiger partial charge is 0.496 e. The van der Waals surface area contributed by atoms with Crippen LogP contribution in [0.4, 0.5) is 5.69 Å². The molecular weight excluding hydrogens is 386 g/mol. The van der Waals surface area contributed by atoms with Gasteiger partial charge in [0.2, 0.25) is 0 Å². The fraction of sp³-hybridized carbons (Fsp3) is 0.261. The maximum atomic E-state index is 13.0. The molecule has 0 aliphatic heterocycles. The van der Waals surface area contributed by atoms with Gasteiger partial charge in [0.1, 0.15) is 5.75 Å². The van der Waals surface area contributed by atoms with E-state index in [1.165, 1.54) is 12.1 Å². The molecule has 7 nitrogen and oxygen atoms in total. The van der Waals surface area contributed by atoms with Gasteiger partial charge in [0.15, 0.2) is 17.3 Å². The van der Waals surface area contributed by atoms with Crippen molar-refractivity contribution in [3.8, 4) is 17.2 Å². The molecule has 0 saturated heterocycles. The van der Waals surface area contributed by atoms with Crippen molar-refractivity contribution in [2.24, 2.45) is 0 Å². The third-order valence-corrected chi connectivity index (χ3v) is 4.99. The second-order valence-corrected chi connectivity index (χ2v) is 6.82. The molecule has 3 rings (SSSR count). The Hall–Kier alpha value is -3.61. The predicted molar refractivity (Wildman–Crippen MR) is 114 cm³/mol. The van der Waals surface area contributed by atoms with Crippen LogP contribution in [0.5, 0.6) is 17.2 Å². The van der Waals surface area contributed by atoms with Crippen molar-refractivity contribution >= 4 is 23.6 Å². The highest BCUT2D eigenvalue weighted by Gasteiger charge is 2.22. The molecule has 2 aromatic carbocycles. The zero-order valence-electron chi connectivity index (χ0n) is 17.1. The van der Waals surface area contributed by atoms with Gasteiger partial charge in [-0.1, -0.05) is 0 Å². The lowest BCUT2D eigenvalue weighted by Gasteiger charge is -2.18. The topological polar surface area (TPSA) is 87.9 Å². The molecule has 0 atom stereocenters. The number of methoxy groups -OCH3 is 3. The number of Topliss-reactive ketones (excluding diaryl/α,β-unsaturated/α-hetero) is 1. The van der Waals surface area contributed by atoms with Crippen LogP contribution in [0.15, 0.2) is 47.5 Å². The molecule has 0 N–H and O–H groups in total. The van der Waals surface area contributed by atoms with E-state index in [9.17, 15) is 14.9 Å². The molecule has 156 valence electrons. The summed E-state index contributed by atoms with van der Waals surface area (Å²) in [5, 5.41) is 10.8. The molecule has 0 spiro atoms. The van der Waals surface area contributed by atoms with Crippen molar-refractivity contribution in [2.75, 3.05) is 21.3 Å². The first-order valence-corrected chi connectivity index (χ1v) is 9.47. The Morgan fingerprint density at radius 3 is 2.00 bits per heavy atom. The van der Waals surface area contributed by atoms with Crippen molar-refractivity contribution in [3.05, 3.63) is 68.8 Å². The van der Waals surface area contributed by atoms with Gasteiger partial charge in [-0.3, -0.25) is 14.9 Å². The minimum atomic E-state index is -0.444. The van der Waals surface area contributed by atoms with Crippen molar-refractivity contribution in [3.63, 3.8) is 0 Å². The fourth-order valence-electron chi connectivity index (χ4n) is 3.42. The summed E-state index contributed by atoms with van der Waals surface area (Å²) in [4.78, 5) is 23.4. The molecule has 1 saturated carbocycles. The van der Waals surface area contributed by atoms with E-state index < -0.39 is 4.92 Å². The molecule has 0 bridgehead atoms. The number of carbonyl (C=O) groups excluding carboxylic acids is 1. The summed E-state index contributed by atoms with van der Waals surface area (Å²) in [6.45, 7) is 0. The number of non-ortho nitro benzene ring substituents is 1. The molecule has 7 heteroatoms. The summed E-state index contributed by atoms with van der Waals surface area (Å²) in [6, 6.07) is 9.68. The van der Waals surface area contributed by atoms with Gasteiger partial charge in [0.25, 0.3) is 5.69 Å². The molecule has 1 aliphatic carbocycles. The Morgan fingerprint density at radius 1 is 0.867 bits per heavy atom. The van der Waals surface area contributed by atoms with Gasteiger partial charge in [-0.2, -0.15) is 0 Å². The summed E-state index contributed by atoms with van der Waals surface area (Å²) in [6.07, 6.45) is 5.78. The molecule has 1 aliphatic rings. The number of carbonyl (C=O) groups is 1. The van der Waals surface area contributed by atoms with Crippen molar-refractivity contribution in [1.82, 2.24) is 0 Å². The van der Waals surface area contributed by atoms with E-state index in [-0.39, 0.29) is 11.5 Å². The van der Waals surface area contributed by atoms with E-state index in [4.69, 9.17) is 14.2 Å². The van der Waals surface area contributed by atoms with Gasteiger partial charge in [0, 0.05) is 34.9 Å². The maximum Gasteiger partial charge on any atom is 0.269 e. The number of nitrogens with zero attached hydrogens (tertiary/aromatic N) is 1. The highest BCUT2D eigenvalue weighted by atomic mass is 16.6. The second kappa shape index (κ2) is 9.26. The second-order valence-electron chi connectivity index (χ2n) is 6.82. The number of nitro groups is 1. The van der Waals surface area contributed by atoms with E-state index in [1.54, 1.807) is 51.7 Å². The van der Waals surface area contributed by atoms with E-state index in [1.807, 2.05) is 6.08 Å². The number of hydrogen-bond donors (Lipinski definition) is 0. The van der Waals surface area contributed by atoms with E-state index in [0.717, 1.165) is 17.5 Å². The fourth-order valence-corrected chi connectivity index (χ4v) is 3.42. The van der Waals surface area contributed by atoms with Crippen LogP contribution in [0.1, 0.15) is 30.4 Å². The number of ketones is 1. The van der Waals surface area contributed by atoms with Crippen LogP contribution in [0.2, 0.25) is 0 Å². The standard InChI is InChI=1S/C23H23NO6/c1-28-20-14-22(30-3)21(29-2)13-18(20)12-17-6-4-5-16(23(17)25)11-15-7-9-19(10-8-15)24(26)27/h7-14H,4-6H2,1-3H3/b16-11+,17-12+. The van der Waals surface area contributed by atoms with Crippen molar-refractivity contribution in [1.29, 1.82) is 0 Å². The Labute approximate surface area is 174 Å². The van der Waals surface area contributed by atoms with Gasteiger partial charge >= 0.3 is 0 Å². The summed E-state index contributed by atoms with van der Waals surface area (Å²) < 4.78 is 16.1. The lowest BCUT2D eigenvalue weighted by molar-refractivity contribution is -0.384. The van der Waals surface area contributed by atoms with Gasteiger partial charge in [-0.05, 0) is 55.2 Å². The number of nitro benzene ring substituents is 1. The van der Waals surface area contributed by atoms with Gasteiger partial charge in [-0.15, -0.1) is 0 Å². The number of hydrogen-bond acceptors (Lipinski definition) is 6. The SMILES string of the molecule is COc1cc(OC)c(OC)cc1/C=C1\CCC/C(=C\c2ccc([N+](=O)[O-])cc2)C1=O. The molecule has 1 fully saturated rings. The highest BCUT2D eigenvalue weighted by molar-refractivity contribution is 6.14. The molecule has 2 aromatic rings.